The molecule has 37 heavy (non-hydrogen) atoms. The molecule has 0 radical (unpaired) electrons. The molecule has 0 aliphatic rings. The minimum atomic E-state index is -0.439. The van der Waals surface area contributed by atoms with Crippen molar-refractivity contribution in [3.05, 3.63) is 99.7 Å². The van der Waals surface area contributed by atoms with Gasteiger partial charge in [0, 0.05) is 27.2 Å². The molecule has 10 heteroatoms. The van der Waals surface area contributed by atoms with E-state index in [0.29, 0.717) is 38.1 Å². The Morgan fingerprint density at radius 1 is 0.946 bits per heavy atom. The van der Waals surface area contributed by atoms with Crippen molar-refractivity contribution in [3.63, 3.8) is 0 Å². The summed E-state index contributed by atoms with van der Waals surface area (Å²) in [5, 5.41) is 7.09. The van der Waals surface area contributed by atoms with Crippen molar-refractivity contribution in [3.8, 4) is 22.7 Å². The van der Waals surface area contributed by atoms with Gasteiger partial charge in [0.2, 0.25) is 5.91 Å². The van der Waals surface area contributed by atoms with Gasteiger partial charge in [0.25, 0.3) is 0 Å². The molecule has 3 aromatic carbocycles. The Balaban J connectivity index is 1.23. The zero-order chi connectivity index (χ0) is 25.9. The van der Waals surface area contributed by atoms with Crippen LogP contribution in [-0.4, -0.2) is 21.0 Å². The van der Waals surface area contributed by atoms with Crippen molar-refractivity contribution in [1.82, 2.24) is 15.3 Å². The van der Waals surface area contributed by atoms with Gasteiger partial charge in [-0.3, -0.25) is 10.1 Å². The van der Waals surface area contributed by atoms with E-state index in [2.05, 4.69) is 20.6 Å². The second-order valence-corrected chi connectivity index (χ2v) is 9.62. The lowest BCUT2D eigenvalue weighted by Crippen LogP contribution is -2.32. The zero-order valence-electron chi connectivity index (χ0n) is 18.9. The van der Waals surface area contributed by atoms with Gasteiger partial charge in [0.1, 0.15) is 17.3 Å². The smallest absolute Gasteiger partial charge is 0.250 e. The van der Waals surface area contributed by atoms with Gasteiger partial charge in [-0.2, -0.15) is 0 Å². The van der Waals surface area contributed by atoms with Crippen LogP contribution < -0.4 is 10.6 Å². The summed E-state index contributed by atoms with van der Waals surface area (Å²) in [5.74, 6) is 1.30. The number of fused-ring (bicyclic) bond motifs is 1. The number of imidazole rings is 1. The Hall–Kier alpha value is -3.62. The van der Waals surface area contributed by atoms with E-state index >= 15 is 0 Å². The molecule has 184 valence electrons. The Morgan fingerprint density at radius 3 is 2.51 bits per heavy atom. The molecule has 0 atom stereocenters. The third kappa shape index (κ3) is 6.03. The van der Waals surface area contributed by atoms with Gasteiger partial charge in [-0.1, -0.05) is 46.9 Å². The van der Waals surface area contributed by atoms with E-state index in [1.807, 2.05) is 30.3 Å². The van der Waals surface area contributed by atoms with Crippen molar-refractivity contribution in [2.45, 2.75) is 0 Å². The molecule has 0 bridgehead atoms. The summed E-state index contributed by atoms with van der Waals surface area (Å²) in [4.78, 5) is 20.3. The standard InChI is InChI=1S/C27H17Cl3N4O2S/c28-17-11-16(12-18(29)14-17)24-9-6-19(36-24)7-10-25(35)34-27(37)33-23-13-15(5-8-20(23)30)26-31-21-3-1-2-4-22(21)32-26/h1-14H,(H,31,32)(H2,33,34,35,37)/b10-7+. The molecule has 2 heterocycles. The summed E-state index contributed by atoms with van der Waals surface area (Å²) < 4.78 is 5.76. The predicted molar refractivity (Wildman–Crippen MR) is 154 cm³/mol. The number of furan rings is 1. The zero-order valence-corrected chi connectivity index (χ0v) is 22.0. The average molecular weight is 568 g/mol. The van der Waals surface area contributed by atoms with Crippen LogP contribution in [0.1, 0.15) is 5.76 Å². The second-order valence-electron chi connectivity index (χ2n) is 7.93. The van der Waals surface area contributed by atoms with Crippen molar-refractivity contribution >= 4 is 80.8 Å². The van der Waals surface area contributed by atoms with Gasteiger partial charge in [0.05, 0.1) is 21.7 Å². The molecular weight excluding hydrogens is 551 g/mol. The number of halogens is 3. The molecule has 0 unspecified atom stereocenters. The minimum Gasteiger partial charge on any atom is -0.457 e. The van der Waals surface area contributed by atoms with E-state index in [1.165, 1.54) is 12.2 Å². The number of nitrogens with one attached hydrogen (secondary N) is 3. The van der Waals surface area contributed by atoms with Crippen LogP contribution in [0, 0.1) is 0 Å². The molecule has 0 aliphatic heterocycles. The van der Waals surface area contributed by atoms with E-state index in [1.54, 1.807) is 42.5 Å². The number of benzene rings is 3. The molecule has 0 saturated heterocycles. The highest BCUT2D eigenvalue weighted by molar-refractivity contribution is 7.80. The lowest BCUT2D eigenvalue weighted by Gasteiger charge is -2.11. The van der Waals surface area contributed by atoms with E-state index in [0.717, 1.165) is 22.2 Å². The number of hydrogen-bond acceptors (Lipinski definition) is 4. The lowest BCUT2D eigenvalue weighted by atomic mass is 10.2. The highest BCUT2D eigenvalue weighted by Gasteiger charge is 2.11. The van der Waals surface area contributed by atoms with E-state index in [4.69, 9.17) is 51.4 Å². The number of para-hydroxylation sites is 2. The number of thiocarbonyl (C=S) groups is 1. The summed E-state index contributed by atoms with van der Waals surface area (Å²) in [6.07, 6.45) is 2.84. The normalized spacial score (nSPS) is 11.2. The second kappa shape index (κ2) is 10.8. The number of carbonyl (C=O) groups is 1. The van der Waals surface area contributed by atoms with E-state index in [9.17, 15) is 4.79 Å². The van der Waals surface area contributed by atoms with Crippen LogP contribution in [0.2, 0.25) is 15.1 Å². The Morgan fingerprint density at radius 2 is 1.73 bits per heavy atom. The number of anilines is 1. The number of carbonyl (C=O) groups excluding carboxylic acids is 1. The van der Waals surface area contributed by atoms with Gasteiger partial charge < -0.3 is 14.7 Å². The fraction of sp³-hybridized carbons (Fsp3) is 0. The summed E-state index contributed by atoms with van der Waals surface area (Å²) in [6, 6.07) is 21.8. The van der Waals surface area contributed by atoms with Crippen molar-refractivity contribution in [1.29, 1.82) is 0 Å². The van der Waals surface area contributed by atoms with Crippen LogP contribution in [-0.2, 0) is 4.79 Å². The van der Waals surface area contributed by atoms with Crippen LogP contribution in [0.25, 0.3) is 39.8 Å². The number of nitrogens with zero attached hydrogens (tertiary/aromatic N) is 1. The molecule has 0 saturated carbocycles. The van der Waals surface area contributed by atoms with E-state index < -0.39 is 5.91 Å². The minimum absolute atomic E-state index is 0.0898. The predicted octanol–water partition coefficient (Wildman–Crippen LogP) is 7.98. The van der Waals surface area contributed by atoms with E-state index in [-0.39, 0.29) is 5.11 Å². The van der Waals surface area contributed by atoms with Gasteiger partial charge in [-0.05, 0) is 79.0 Å². The van der Waals surface area contributed by atoms with Crippen molar-refractivity contribution in [2.75, 3.05) is 5.32 Å². The molecular formula is C27H17Cl3N4O2S. The number of aromatic amines is 1. The van der Waals surface area contributed by atoms with Gasteiger partial charge in [-0.25, -0.2) is 4.98 Å². The first-order valence-electron chi connectivity index (χ1n) is 10.9. The lowest BCUT2D eigenvalue weighted by molar-refractivity contribution is -0.115. The summed E-state index contributed by atoms with van der Waals surface area (Å²) in [6.45, 7) is 0. The van der Waals surface area contributed by atoms with Crippen LogP contribution in [0.4, 0.5) is 5.69 Å². The first-order chi connectivity index (χ1) is 17.8. The average Bonchev–Trinajstić information content (AvgIpc) is 3.51. The van der Waals surface area contributed by atoms with Crippen LogP contribution in [0.5, 0.6) is 0 Å². The van der Waals surface area contributed by atoms with Crippen LogP contribution in [0.3, 0.4) is 0 Å². The molecule has 1 amide bonds. The molecule has 5 aromatic rings. The summed E-state index contributed by atoms with van der Waals surface area (Å²) in [7, 11) is 0. The van der Waals surface area contributed by atoms with Crippen LogP contribution >= 0.6 is 47.0 Å². The maximum atomic E-state index is 12.4. The quantitative estimate of drug-likeness (QED) is 0.148. The maximum absolute atomic E-state index is 12.4. The highest BCUT2D eigenvalue weighted by atomic mass is 35.5. The number of rotatable bonds is 5. The Kier molecular flexibility index (Phi) is 7.30. The Labute approximate surface area is 232 Å². The SMILES string of the molecule is O=C(/C=C/c1ccc(-c2cc(Cl)cc(Cl)c2)o1)NC(=S)Nc1cc(-c2nc3ccccc3[nH]2)ccc1Cl. The fourth-order valence-electron chi connectivity index (χ4n) is 3.62. The monoisotopic (exact) mass is 566 g/mol. The van der Waals surface area contributed by atoms with Gasteiger partial charge in [0.15, 0.2) is 5.11 Å². The summed E-state index contributed by atoms with van der Waals surface area (Å²) in [5.41, 5.74) is 3.86. The highest BCUT2D eigenvalue weighted by Crippen LogP contribution is 2.30. The third-order valence-electron chi connectivity index (χ3n) is 5.29. The van der Waals surface area contributed by atoms with Gasteiger partial charge in [-0.15, -0.1) is 0 Å². The largest absolute Gasteiger partial charge is 0.457 e. The van der Waals surface area contributed by atoms with Crippen LogP contribution in [0.15, 0.2) is 83.3 Å². The summed E-state index contributed by atoms with van der Waals surface area (Å²) >= 11 is 23.8. The molecule has 3 N–H and O–H groups in total. The Bertz CT molecular complexity index is 1620. The number of H-pyrrole nitrogens is 1. The first kappa shape index (κ1) is 25.0. The number of hydrogen-bond donors (Lipinski definition) is 3. The molecule has 0 aliphatic carbocycles. The first-order valence-corrected chi connectivity index (χ1v) is 12.5. The van der Waals surface area contributed by atoms with Crippen molar-refractivity contribution < 1.29 is 9.21 Å². The topological polar surface area (TPSA) is 82.9 Å². The molecule has 5 rings (SSSR count). The number of aromatic nitrogens is 2. The van der Waals surface area contributed by atoms with Crippen molar-refractivity contribution in [2.24, 2.45) is 0 Å². The van der Waals surface area contributed by atoms with Gasteiger partial charge >= 0.3 is 0 Å². The molecule has 0 fully saturated rings. The molecule has 6 nitrogen and oxygen atoms in total. The molecule has 2 aromatic heterocycles. The fourth-order valence-corrected chi connectivity index (χ4v) is 4.52. The third-order valence-corrected chi connectivity index (χ3v) is 6.26. The number of amides is 1. The maximum Gasteiger partial charge on any atom is 0.250 e. The molecule has 0 spiro atoms.